The topological polar surface area (TPSA) is 18.5 Å². The number of unbranched alkanes of at least 4 members (excludes halogenated alkanes) is 4. The van der Waals surface area contributed by atoms with Crippen LogP contribution in [0.1, 0.15) is 39.0 Å². The van der Waals surface area contributed by atoms with Crippen LogP contribution in [0, 0.1) is 0 Å². The molecule has 0 unspecified atom stereocenters. The first-order valence-electron chi connectivity index (χ1n) is 5.92. The predicted octanol–water partition coefficient (Wildman–Crippen LogP) is 4.30. The molecule has 0 fully saturated rings. The van der Waals surface area contributed by atoms with Crippen molar-refractivity contribution in [2.24, 2.45) is 0 Å². The molecule has 0 aromatic carbocycles. The fraction of sp³-hybridized carbons (Fsp3) is 0.833. The van der Waals surface area contributed by atoms with E-state index in [1.165, 1.54) is 25.7 Å². The highest BCUT2D eigenvalue weighted by Gasteiger charge is 2.17. The van der Waals surface area contributed by atoms with E-state index >= 15 is 0 Å². The molecule has 0 bridgehead atoms. The molecule has 0 radical (unpaired) electrons. The first-order chi connectivity index (χ1) is 6.99. The van der Waals surface area contributed by atoms with Gasteiger partial charge in [0.2, 0.25) is 8.32 Å². The molecular weight excluding hydrogens is 204 g/mol. The Labute approximate surface area is 95.8 Å². The van der Waals surface area contributed by atoms with E-state index < -0.39 is 8.32 Å². The van der Waals surface area contributed by atoms with Crippen LogP contribution in [0.5, 0.6) is 0 Å². The third kappa shape index (κ3) is 9.85. The van der Waals surface area contributed by atoms with Gasteiger partial charge in [-0.3, -0.25) is 0 Å². The van der Waals surface area contributed by atoms with Crippen molar-refractivity contribution in [1.82, 2.24) is 0 Å². The van der Waals surface area contributed by atoms with Crippen LogP contribution in [0.2, 0.25) is 19.6 Å². The standard InChI is InChI=1S/C12H26O2Si/c1-6-7-8-9-10-11-12(13-2)14-15(3,4)5/h11H,6-10H2,1-5H3/b12-11-. The molecule has 2 nitrogen and oxygen atoms in total. The van der Waals surface area contributed by atoms with Crippen molar-refractivity contribution in [2.75, 3.05) is 7.11 Å². The summed E-state index contributed by atoms with van der Waals surface area (Å²) in [5.41, 5.74) is 0. The zero-order valence-electron chi connectivity index (χ0n) is 10.9. The summed E-state index contributed by atoms with van der Waals surface area (Å²) in [6.07, 6.45) is 8.28. The largest absolute Gasteiger partial charge is 0.520 e. The van der Waals surface area contributed by atoms with E-state index in [-0.39, 0.29) is 0 Å². The molecule has 0 rings (SSSR count). The van der Waals surface area contributed by atoms with E-state index in [9.17, 15) is 0 Å². The lowest BCUT2D eigenvalue weighted by Crippen LogP contribution is -2.25. The molecule has 0 heterocycles. The fourth-order valence-electron chi connectivity index (χ4n) is 1.26. The van der Waals surface area contributed by atoms with E-state index in [2.05, 4.69) is 32.6 Å². The van der Waals surface area contributed by atoms with Crippen molar-refractivity contribution in [1.29, 1.82) is 0 Å². The first-order valence-corrected chi connectivity index (χ1v) is 9.33. The molecule has 0 aromatic rings. The van der Waals surface area contributed by atoms with Gasteiger partial charge < -0.3 is 9.16 Å². The summed E-state index contributed by atoms with van der Waals surface area (Å²) >= 11 is 0. The summed E-state index contributed by atoms with van der Waals surface area (Å²) < 4.78 is 11.0. The van der Waals surface area contributed by atoms with Gasteiger partial charge in [-0.1, -0.05) is 26.2 Å². The second-order valence-corrected chi connectivity index (χ2v) is 9.22. The predicted molar refractivity (Wildman–Crippen MR) is 68.3 cm³/mol. The maximum absolute atomic E-state index is 5.77. The van der Waals surface area contributed by atoms with Crippen LogP contribution in [0.4, 0.5) is 0 Å². The number of ether oxygens (including phenoxy) is 1. The van der Waals surface area contributed by atoms with Crippen LogP contribution in [0.3, 0.4) is 0 Å². The Kier molecular flexibility index (Phi) is 7.57. The molecule has 0 aromatic heterocycles. The van der Waals surface area contributed by atoms with Gasteiger partial charge in [-0.2, -0.15) is 0 Å². The van der Waals surface area contributed by atoms with Crippen LogP contribution >= 0.6 is 0 Å². The monoisotopic (exact) mass is 230 g/mol. The molecule has 0 aliphatic heterocycles. The van der Waals surface area contributed by atoms with E-state index in [0.717, 1.165) is 6.42 Å². The highest BCUT2D eigenvalue weighted by molar-refractivity contribution is 6.69. The summed E-state index contributed by atoms with van der Waals surface area (Å²) in [6.45, 7) is 8.72. The lowest BCUT2D eigenvalue weighted by Gasteiger charge is -2.20. The summed E-state index contributed by atoms with van der Waals surface area (Å²) in [4.78, 5) is 0. The lowest BCUT2D eigenvalue weighted by molar-refractivity contribution is 0.145. The summed E-state index contributed by atoms with van der Waals surface area (Å²) in [5, 5.41) is 0. The lowest BCUT2D eigenvalue weighted by atomic mass is 10.1. The minimum absolute atomic E-state index is 0.714. The summed E-state index contributed by atoms with van der Waals surface area (Å²) in [6, 6.07) is 0. The van der Waals surface area contributed by atoms with Gasteiger partial charge in [-0.05, 0) is 38.6 Å². The highest BCUT2D eigenvalue weighted by atomic mass is 28.4. The van der Waals surface area contributed by atoms with Crippen molar-refractivity contribution >= 4 is 8.32 Å². The average molecular weight is 230 g/mol. The third-order valence-electron chi connectivity index (χ3n) is 1.98. The fourth-order valence-corrected chi connectivity index (χ4v) is 2.03. The van der Waals surface area contributed by atoms with Gasteiger partial charge in [0.1, 0.15) is 0 Å². The van der Waals surface area contributed by atoms with E-state index in [1.807, 2.05) is 0 Å². The molecule has 0 amide bonds. The number of allylic oxidation sites excluding steroid dienone is 1. The Hall–Kier alpha value is -0.443. The summed E-state index contributed by atoms with van der Waals surface area (Å²) in [5.74, 6) is 0.714. The maximum atomic E-state index is 5.77. The van der Waals surface area contributed by atoms with Crippen LogP contribution < -0.4 is 0 Å². The van der Waals surface area contributed by atoms with Gasteiger partial charge in [0.05, 0.1) is 7.11 Å². The Bertz CT molecular complexity index is 183. The molecule has 0 saturated carbocycles. The highest BCUT2D eigenvalue weighted by Crippen LogP contribution is 2.13. The van der Waals surface area contributed by atoms with Crippen molar-refractivity contribution in [2.45, 2.75) is 58.7 Å². The van der Waals surface area contributed by atoms with Gasteiger partial charge >= 0.3 is 0 Å². The SMILES string of the molecule is CCCCCC/C=C(/OC)O[Si](C)(C)C. The van der Waals surface area contributed by atoms with Gasteiger partial charge in [0.15, 0.2) is 0 Å². The average Bonchev–Trinajstić information content (AvgIpc) is 2.14. The Morgan fingerprint density at radius 3 is 2.27 bits per heavy atom. The molecule has 0 N–H and O–H groups in total. The summed E-state index contributed by atoms with van der Waals surface area (Å²) in [7, 11) is 0.169. The molecule has 0 spiro atoms. The van der Waals surface area contributed by atoms with Crippen LogP contribution in [0.15, 0.2) is 12.0 Å². The molecule has 0 aliphatic rings. The van der Waals surface area contributed by atoms with Crippen LogP contribution in [-0.4, -0.2) is 15.4 Å². The molecule has 3 heteroatoms. The Morgan fingerprint density at radius 2 is 1.80 bits per heavy atom. The molecular formula is C12H26O2Si. The number of hydrogen-bond donors (Lipinski definition) is 0. The number of rotatable bonds is 8. The Morgan fingerprint density at radius 1 is 1.13 bits per heavy atom. The maximum Gasteiger partial charge on any atom is 0.260 e. The molecule has 0 saturated heterocycles. The van der Waals surface area contributed by atoms with Gasteiger partial charge in [-0.15, -0.1) is 0 Å². The first kappa shape index (κ1) is 14.6. The van der Waals surface area contributed by atoms with Crippen molar-refractivity contribution < 1.29 is 9.16 Å². The van der Waals surface area contributed by atoms with E-state index in [1.54, 1.807) is 7.11 Å². The van der Waals surface area contributed by atoms with E-state index in [4.69, 9.17) is 9.16 Å². The zero-order chi connectivity index (χ0) is 11.7. The van der Waals surface area contributed by atoms with Gasteiger partial charge in [-0.25, -0.2) is 0 Å². The van der Waals surface area contributed by atoms with Crippen molar-refractivity contribution in [3.8, 4) is 0 Å². The second-order valence-electron chi connectivity index (χ2n) is 4.79. The smallest absolute Gasteiger partial charge is 0.260 e. The zero-order valence-corrected chi connectivity index (χ0v) is 11.9. The van der Waals surface area contributed by atoms with Gasteiger partial charge in [0, 0.05) is 0 Å². The minimum Gasteiger partial charge on any atom is -0.520 e. The van der Waals surface area contributed by atoms with Gasteiger partial charge in [0.25, 0.3) is 5.95 Å². The second kappa shape index (κ2) is 7.80. The minimum atomic E-state index is -1.51. The van der Waals surface area contributed by atoms with Crippen LogP contribution in [0.25, 0.3) is 0 Å². The quantitative estimate of drug-likeness (QED) is 0.352. The molecule has 90 valence electrons. The molecule has 0 aliphatic carbocycles. The third-order valence-corrected chi connectivity index (χ3v) is 2.79. The van der Waals surface area contributed by atoms with Crippen molar-refractivity contribution in [3.63, 3.8) is 0 Å². The Balaban J connectivity index is 3.80. The van der Waals surface area contributed by atoms with E-state index in [0.29, 0.717) is 5.95 Å². The van der Waals surface area contributed by atoms with Crippen molar-refractivity contribution in [3.05, 3.63) is 12.0 Å². The molecule has 0 atom stereocenters. The molecule has 15 heavy (non-hydrogen) atoms. The number of methoxy groups -OCH3 is 1. The normalized spacial score (nSPS) is 12.7. The number of hydrogen-bond acceptors (Lipinski definition) is 2. The van der Waals surface area contributed by atoms with Crippen LogP contribution in [-0.2, 0) is 9.16 Å².